The molecule has 0 saturated carbocycles. The van der Waals surface area contributed by atoms with Crippen LogP contribution >= 0.6 is 11.6 Å². The van der Waals surface area contributed by atoms with Gasteiger partial charge in [0.1, 0.15) is 5.82 Å². The fourth-order valence-corrected chi connectivity index (χ4v) is 2.58. The first-order valence-corrected chi connectivity index (χ1v) is 8.54. The van der Waals surface area contributed by atoms with Crippen molar-refractivity contribution in [2.45, 2.75) is 13.0 Å². The summed E-state index contributed by atoms with van der Waals surface area (Å²) in [5.74, 6) is -2.69. The number of nitrogens with zero attached hydrogens (tertiary/aromatic N) is 1. The molecule has 0 aliphatic heterocycles. The monoisotopic (exact) mass is 391 g/mol. The highest BCUT2D eigenvalue weighted by molar-refractivity contribution is 6.31. The predicted octanol–water partition coefficient (Wildman–Crippen LogP) is 3.67. The third-order valence-electron chi connectivity index (χ3n) is 3.87. The fraction of sp³-hybridized carbons (Fsp3) is 0.200. The maximum Gasteiger partial charge on any atom is 0.373 e. The van der Waals surface area contributed by atoms with E-state index in [-0.39, 0.29) is 18.9 Å². The second-order valence-corrected chi connectivity index (χ2v) is 6.16. The topological polar surface area (TPSA) is 66.8 Å². The van der Waals surface area contributed by atoms with Gasteiger partial charge < -0.3 is 14.7 Å². The number of aliphatic hydroxyl groups excluding tert-OH is 1. The number of ether oxygens (including phenoxy) is 1. The zero-order valence-electron chi connectivity index (χ0n) is 14.7. The van der Waals surface area contributed by atoms with Crippen LogP contribution in [-0.2, 0) is 27.3 Å². The van der Waals surface area contributed by atoms with Crippen LogP contribution in [0.5, 0.6) is 0 Å². The van der Waals surface area contributed by atoms with Crippen LogP contribution in [0.2, 0.25) is 5.02 Å². The number of hydrogen-bond donors (Lipinski definition) is 1. The molecule has 0 fully saturated rings. The van der Waals surface area contributed by atoms with Crippen molar-refractivity contribution < 1.29 is 23.8 Å². The lowest BCUT2D eigenvalue weighted by molar-refractivity contribution is -0.139. The minimum Gasteiger partial charge on any atom is -0.502 e. The Morgan fingerprint density at radius 1 is 1.19 bits per heavy atom. The van der Waals surface area contributed by atoms with Crippen molar-refractivity contribution in [2.24, 2.45) is 0 Å². The van der Waals surface area contributed by atoms with Crippen LogP contribution < -0.4 is 0 Å². The summed E-state index contributed by atoms with van der Waals surface area (Å²) in [6.07, 6.45) is 1.27. The summed E-state index contributed by atoms with van der Waals surface area (Å²) in [7, 11) is 1.10. The summed E-state index contributed by atoms with van der Waals surface area (Å²) in [5, 5.41) is 10.1. The standard InChI is InChI=1S/C20H19ClFNO4/c1-27-20(26)18(24)12-19(25)23(13-15-4-2-3-5-17(15)21)11-10-14-6-8-16(22)9-7-14/h2-9,12,24H,10-11,13H2,1H3. The summed E-state index contributed by atoms with van der Waals surface area (Å²) in [6, 6.07) is 13.0. The number of carbonyl (C=O) groups excluding carboxylic acids is 2. The Hall–Kier alpha value is -2.86. The summed E-state index contributed by atoms with van der Waals surface area (Å²) >= 11 is 6.17. The number of benzene rings is 2. The van der Waals surface area contributed by atoms with Crippen LogP contribution in [0, 0.1) is 5.82 Å². The zero-order valence-corrected chi connectivity index (χ0v) is 15.4. The van der Waals surface area contributed by atoms with E-state index >= 15 is 0 Å². The van der Waals surface area contributed by atoms with Crippen LogP contribution in [0.1, 0.15) is 11.1 Å². The molecule has 0 aliphatic rings. The van der Waals surface area contributed by atoms with Crippen molar-refractivity contribution >= 4 is 23.5 Å². The molecular weight excluding hydrogens is 373 g/mol. The van der Waals surface area contributed by atoms with E-state index in [1.807, 2.05) is 0 Å². The van der Waals surface area contributed by atoms with Crippen LogP contribution in [0.3, 0.4) is 0 Å². The van der Waals surface area contributed by atoms with Crippen LogP contribution in [-0.4, -0.2) is 35.5 Å². The third kappa shape index (κ3) is 6.11. The molecule has 1 N–H and O–H groups in total. The Morgan fingerprint density at radius 3 is 2.48 bits per heavy atom. The van der Waals surface area contributed by atoms with E-state index in [0.29, 0.717) is 11.4 Å². The van der Waals surface area contributed by atoms with E-state index in [1.165, 1.54) is 17.0 Å². The quantitative estimate of drug-likeness (QED) is 0.444. The lowest BCUT2D eigenvalue weighted by atomic mass is 10.1. The summed E-state index contributed by atoms with van der Waals surface area (Å²) in [6.45, 7) is 0.464. The number of aliphatic hydroxyl groups is 1. The average molecular weight is 392 g/mol. The van der Waals surface area contributed by atoms with E-state index in [1.54, 1.807) is 36.4 Å². The van der Waals surface area contributed by atoms with Crippen molar-refractivity contribution in [3.05, 3.63) is 82.3 Å². The molecule has 5 nitrogen and oxygen atoms in total. The number of halogens is 2. The van der Waals surface area contributed by atoms with Crippen molar-refractivity contribution in [1.29, 1.82) is 0 Å². The second-order valence-electron chi connectivity index (χ2n) is 5.75. The molecule has 0 bridgehead atoms. The SMILES string of the molecule is COC(=O)C(O)=CC(=O)N(CCc1ccc(F)cc1)Cc1ccccc1Cl. The van der Waals surface area contributed by atoms with Gasteiger partial charge in [-0.15, -0.1) is 0 Å². The molecule has 142 valence electrons. The molecule has 2 aromatic carbocycles. The third-order valence-corrected chi connectivity index (χ3v) is 4.24. The molecule has 0 unspecified atom stereocenters. The van der Waals surface area contributed by atoms with Gasteiger partial charge >= 0.3 is 5.97 Å². The summed E-state index contributed by atoms with van der Waals surface area (Å²) in [4.78, 5) is 25.3. The smallest absolute Gasteiger partial charge is 0.373 e. The molecule has 2 rings (SSSR count). The Labute approximate surface area is 161 Å². The Bertz CT molecular complexity index is 836. The summed E-state index contributed by atoms with van der Waals surface area (Å²) in [5.41, 5.74) is 1.56. The molecular formula is C20H19ClFNO4. The van der Waals surface area contributed by atoms with Gasteiger partial charge in [-0.05, 0) is 35.7 Å². The molecule has 0 heterocycles. The molecule has 0 radical (unpaired) electrons. The van der Waals surface area contributed by atoms with Crippen LogP contribution in [0.25, 0.3) is 0 Å². The lowest BCUT2D eigenvalue weighted by Gasteiger charge is -2.22. The first-order valence-electron chi connectivity index (χ1n) is 8.16. The van der Waals surface area contributed by atoms with E-state index in [2.05, 4.69) is 4.74 Å². The Balaban J connectivity index is 2.19. The normalized spacial score (nSPS) is 11.1. The van der Waals surface area contributed by atoms with E-state index in [9.17, 15) is 19.1 Å². The maximum atomic E-state index is 13.0. The highest BCUT2D eigenvalue weighted by Crippen LogP contribution is 2.18. The molecule has 0 saturated heterocycles. The van der Waals surface area contributed by atoms with Gasteiger partial charge in [-0.1, -0.05) is 41.9 Å². The van der Waals surface area contributed by atoms with Gasteiger partial charge in [0.05, 0.1) is 13.2 Å². The van der Waals surface area contributed by atoms with Crippen molar-refractivity contribution in [3.63, 3.8) is 0 Å². The second kappa shape index (κ2) is 9.73. The molecule has 0 atom stereocenters. The maximum absolute atomic E-state index is 13.0. The van der Waals surface area contributed by atoms with Gasteiger partial charge in [0, 0.05) is 18.1 Å². The largest absolute Gasteiger partial charge is 0.502 e. The molecule has 0 aromatic heterocycles. The van der Waals surface area contributed by atoms with Gasteiger partial charge in [0.15, 0.2) is 0 Å². The number of carbonyl (C=O) groups is 2. The minimum absolute atomic E-state index is 0.185. The van der Waals surface area contributed by atoms with Crippen molar-refractivity contribution in [1.82, 2.24) is 4.90 Å². The number of methoxy groups -OCH3 is 1. The molecule has 0 spiro atoms. The molecule has 1 amide bonds. The fourth-order valence-electron chi connectivity index (χ4n) is 2.39. The van der Waals surface area contributed by atoms with Gasteiger partial charge in [0.2, 0.25) is 5.76 Å². The first kappa shape index (κ1) is 20.5. The number of esters is 1. The Morgan fingerprint density at radius 2 is 1.85 bits per heavy atom. The van der Waals surface area contributed by atoms with Gasteiger partial charge in [0.25, 0.3) is 5.91 Å². The van der Waals surface area contributed by atoms with Crippen LogP contribution in [0.15, 0.2) is 60.4 Å². The van der Waals surface area contributed by atoms with E-state index in [0.717, 1.165) is 24.3 Å². The molecule has 7 heteroatoms. The highest BCUT2D eigenvalue weighted by Gasteiger charge is 2.17. The van der Waals surface area contributed by atoms with Gasteiger partial charge in [-0.25, -0.2) is 9.18 Å². The molecule has 27 heavy (non-hydrogen) atoms. The van der Waals surface area contributed by atoms with Gasteiger partial charge in [-0.3, -0.25) is 4.79 Å². The highest BCUT2D eigenvalue weighted by atomic mass is 35.5. The lowest BCUT2D eigenvalue weighted by Crippen LogP contribution is -2.32. The van der Waals surface area contributed by atoms with Crippen molar-refractivity contribution in [3.8, 4) is 0 Å². The molecule has 2 aromatic rings. The molecule has 0 aliphatic carbocycles. The zero-order chi connectivity index (χ0) is 19.8. The average Bonchev–Trinajstić information content (AvgIpc) is 2.66. The predicted molar refractivity (Wildman–Crippen MR) is 99.7 cm³/mol. The van der Waals surface area contributed by atoms with Crippen molar-refractivity contribution in [2.75, 3.05) is 13.7 Å². The minimum atomic E-state index is -1.00. The summed E-state index contributed by atoms with van der Waals surface area (Å²) < 4.78 is 17.4. The number of hydrogen-bond acceptors (Lipinski definition) is 4. The van der Waals surface area contributed by atoms with E-state index < -0.39 is 17.6 Å². The van der Waals surface area contributed by atoms with Crippen LogP contribution in [0.4, 0.5) is 4.39 Å². The van der Waals surface area contributed by atoms with Gasteiger partial charge in [-0.2, -0.15) is 0 Å². The number of rotatable bonds is 7. The number of amides is 1. The van der Waals surface area contributed by atoms with E-state index in [4.69, 9.17) is 11.6 Å². The Kier molecular flexibility index (Phi) is 7.37. The first-order chi connectivity index (χ1) is 12.9.